The lowest BCUT2D eigenvalue weighted by molar-refractivity contribution is -0.384. The minimum Gasteiger partial charge on any atom is -0.369 e. The maximum Gasteiger partial charge on any atom is 0.269 e. The van der Waals surface area contributed by atoms with Gasteiger partial charge in [-0.2, -0.15) is 4.98 Å². The van der Waals surface area contributed by atoms with Crippen LogP contribution in [-0.2, 0) is 29.5 Å². The molecule has 0 spiro atoms. The van der Waals surface area contributed by atoms with Crippen LogP contribution in [0.2, 0.25) is 0 Å². The molecule has 35 heavy (non-hydrogen) atoms. The van der Waals surface area contributed by atoms with E-state index in [4.69, 9.17) is 15.2 Å². The van der Waals surface area contributed by atoms with Gasteiger partial charge in [-0.3, -0.25) is 14.9 Å². The molecule has 1 amide bonds. The Kier molecular flexibility index (Phi) is 7.02. The van der Waals surface area contributed by atoms with Crippen molar-refractivity contribution >= 4 is 22.9 Å². The van der Waals surface area contributed by atoms with Crippen molar-refractivity contribution in [2.75, 3.05) is 0 Å². The predicted molar refractivity (Wildman–Crippen MR) is 131 cm³/mol. The molecule has 0 aliphatic heterocycles. The van der Waals surface area contributed by atoms with E-state index in [-0.39, 0.29) is 18.0 Å². The number of benzene rings is 2. The third kappa shape index (κ3) is 4.97. The van der Waals surface area contributed by atoms with Crippen LogP contribution in [-0.4, -0.2) is 26.0 Å². The number of aromatic nitrogens is 3. The number of carbonyl (C=O) groups excluding carboxylic acids is 1. The Hall–Kier alpha value is -3.92. The Balaban J connectivity index is 1.90. The van der Waals surface area contributed by atoms with Gasteiger partial charge in [0.15, 0.2) is 5.82 Å². The minimum atomic E-state index is -1.40. The summed E-state index contributed by atoms with van der Waals surface area (Å²) >= 11 is 1.45. The van der Waals surface area contributed by atoms with E-state index in [1.54, 1.807) is 19.1 Å². The molecule has 2 heterocycles. The minimum absolute atomic E-state index is 0.00852. The van der Waals surface area contributed by atoms with E-state index >= 15 is 0 Å². The number of hydrogen-bond donors (Lipinski definition) is 1. The number of nitrogens with zero attached hydrogens (tertiary/aromatic N) is 4. The van der Waals surface area contributed by atoms with Crippen molar-refractivity contribution in [3.8, 4) is 0 Å². The van der Waals surface area contributed by atoms with E-state index in [0.717, 1.165) is 23.2 Å². The third-order valence-corrected chi connectivity index (χ3v) is 7.09. The van der Waals surface area contributed by atoms with Crippen LogP contribution in [0.15, 0.2) is 64.5 Å². The number of primary amides is 1. The fourth-order valence-electron chi connectivity index (χ4n) is 4.22. The molecule has 0 saturated heterocycles. The van der Waals surface area contributed by atoms with Gasteiger partial charge in [-0.05, 0) is 37.3 Å². The Labute approximate surface area is 206 Å². The molecule has 2 N–H and O–H groups in total. The van der Waals surface area contributed by atoms with Crippen molar-refractivity contribution in [2.45, 2.75) is 44.4 Å². The largest absolute Gasteiger partial charge is 0.369 e. The molecule has 1 unspecified atom stereocenters. The molecule has 2 atom stereocenters. The van der Waals surface area contributed by atoms with Gasteiger partial charge in [0.05, 0.1) is 15.6 Å². The highest BCUT2D eigenvalue weighted by Gasteiger charge is 2.52. The second kappa shape index (κ2) is 10.1. The predicted octanol–water partition coefficient (Wildman–Crippen LogP) is 4.30. The molecule has 4 rings (SSSR count). The summed E-state index contributed by atoms with van der Waals surface area (Å²) in [6.07, 6.45) is 1.30. The second-order valence-corrected chi connectivity index (χ2v) is 9.25. The van der Waals surface area contributed by atoms with Gasteiger partial charge < -0.3 is 10.3 Å². The van der Waals surface area contributed by atoms with E-state index < -0.39 is 22.2 Å². The van der Waals surface area contributed by atoms with Crippen molar-refractivity contribution in [1.29, 1.82) is 0 Å². The van der Waals surface area contributed by atoms with E-state index in [0.29, 0.717) is 17.3 Å². The molecule has 0 aliphatic carbocycles. The SMILES string of the molecule is CCc1csc([C@@H](Cc2ccc([N+](=O)[O-])cc2)C(Cc2ccccc2)(C(N)=O)c2nc(C)no2)n1. The number of aryl methyl sites for hydroxylation is 2. The first kappa shape index (κ1) is 24.2. The van der Waals surface area contributed by atoms with Crippen LogP contribution >= 0.6 is 11.3 Å². The zero-order valence-electron chi connectivity index (χ0n) is 19.4. The summed E-state index contributed by atoms with van der Waals surface area (Å²) in [4.78, 5) is 33.4. The summed E-state index contributed by atoms with van der Waals surface area (Å²) in [5.74, 6) is -0.635. The highest BCUT2D eigenvalue weighted by atomic mass is 32.1. The summed E-state index contributed by atoms with van der Waals surface area (Å²) < 4.78 is 5.61. The van der Waals surface area contributed by atoms with Crippen LogP contribution in [0, 0.1) is 17.0 Å². The summed E-state index contributed by atoms with van der Waals surface area (Å²) in [5, 5.41) is 17.8. The van der Waals surface area contributed by atoms with Gasteiger partial charge in [0.25, 0.3) is 5.69 Å². The molecule has 180 valence electrons. The fourth-order valence-corrected chi connectivity index (χ4v) is 5.31. The molecule has 0 bridgehead atoms. The molecule has 0 aliphatic rings. The number of nitrogens with two attached hydrogens (primary N) is 1. The summed E-state index contributed by atoms with van der Waals surface area (Å²) in [6, 6.07) is 15.8. The second-order valence-electron chi connectivity index (χ2n) is 8.36. The summed E-state index contributed by atoms with van der Waals surface area (Å²) in [6.45, 7) is 3.70. The number of carbonyl (C=O) groups is 1. The van der Waals surface area contributed by atoms with E-state index in [1.165, 1.54) is 23.5 Å². The van der Waals surface area contributed by atoms with Gasteiger partial charge in [0.1, 0.15) is 5.41 Å². The van der Waals surface area contributed by atoms with Crippen molar-refractivity contribution in [2.24, 2.45) is 5.73 Å². The van der Waals surface area contributed by atoms with Gasteiger partial charge in [-0.1, -0.05) is 54.5 Å². The third-order valence-electron chi connectivity index (χ3n) is 6.09. The zero-order valence-corrected chi connectivity index (χ0v) is 20.2. The molecule has 4 aromatic rings. The van der Waals surface area contributed by atoms with E-state index in [2.05, 4.69) is 10.1 Å². The van der Waals surface area contributed by atoms with Gasteiger partial charge in [-0.25, -0.2) is 4.98 Å². The Bertz CT molecular complexity index is 1320. The fraction of sp³-hybridized carbons (Fsp3) is 0.280. The van der Waals surface area contributed by atoms with Crippen molar-refractivity contribution in [3.63, 3.8) is 0 Å². The number of non-ortho nitro benzene ring substituents is 1. The van der Waals surface area contributed by atoms with Gasteiger partial charge in [-0.15, -0.1) is 11.3 Å². The molecule has 0 radical (unpaired) electrons. The average molecular weight is 492 g/mol. The summed E-state index contributed by atoms with van der Waals surface area (Å²) in [7, 11) is 0. The van der Waals surface area contributed by atoms with Crippen LogP contribution in [0.3, 0.4) is 0 Å². The average Bonchev–Trinajstić information content (AvgIpc) is 3.51. The lowest BCUT2D eigenvalue weighted by Gasteiger charge is -2.34. The van der Waals surface area contributed by atoms with E-state index in [9.17, 15) is 14.9 Å². The first-order chi connectivity index (χ1) is 16.8. The smallest absolute Gasteiger partial charge is 0.269 e. The maximum atomic E-state index is 13.4. The van der Waals surface area contributed by atoms with Crippen LogP contribution in [0.4, 0.5) is 5.69 Å². The molecule has 9 nitrogen and oxygen atoms in total. The Morgan fingerprint density at radius 3 is 2.40 bits per heavy atom. The quantitative estimate of drug-likeness (QED) is 0.258. The zero-order chi connectivity index (χ0) is 25.0. The molecule has 0 fully saturated rings. The highest BCUT2D eigenvalue weighted by Crippen LogP contribution is 2.44. The number of nitro groups is 1. The van der Waals surface area contributed by atoms with E-state index in [1.807, 2.05) is 42.6 Å². The van der Waals surface area contributed by atoms with Gasteiger partial charge in [0.2, 0.25) is 11.8 Å². The number of rotatable bonds is 10. The molecular weight excluding hydrogens is 466 g/mol. The van der Waals surface area contributed by atoms with Gasteiger partial charge in [0, 0.05) is 23.4 Å². The summed E-state index contributed by atoms with van der Waals surface area (Å²) in [5.41, 5.74) is 7.35. The van der Waals surface area contributed by atoms with Crippen molar-refractivity contribution < 1.29 is 14.2 Å². The lowest BCUT2D eigenvalue weighted by atomic mass is 9.68. The molecule has 10 heteroatoms. The van der Waals surface area contributed by atoms with Crippen LogP contribution < -0.4 is 5.73 Å². The Morgan fingerprint density at radius 1 is 1.14 bits per heavy atom. The first-order valence-corrected chi connectivity index (χ1v) is 12.0. The molecule has 2 aromatic carbocycles. The molecule has 0 saturated carbocycles. The van der Waals surface area contributed by atoms with Crippen LogP contribution in [0.25, 0.3) is 0 Å². The Morgan fingerprint density at radius 2 is 1.86 bits per heavy atom. The topological polar surface area (TPSA) is 138 Å². The maximum absolute atomic E-state index is 13.4. The molecular formula is C25H25N5O4S. The number of amides is 1. The van der Waals surface area contributed by atoms with Crippen molar-refractivity contribution in [3.05, 3.63) is 104 Å². The van der Waals surface area contributed by atoms with Gasteiger partial charge >= 0.3 is 0 Å². The normalized spacial score (nSPS) is 13.8. The lowest BCUT2D eigenvalue weighted by Crippen LogP contribution is -2.49. The first-order valence-electron chi connectivity index (χ1n) is 11.2. The number of thiazole rings is 1. The van der Waals surface area contributed by atoms with Crippen LogP contribution in [0.1, 0.15) is 46.4 Å². The highest BCUT2D eigenvalue weighted by molar-refractivity contribution is 7.09. The standard InChI is InChI=1S/C25H25N5O4S/c1-3-19-15-35-22(28-19)21(13-17-9-11-20(12-10-17)30(32)33)25(23(26)31,24-27-16(2)29-34-24)14-18-7-5-4-6-8-18/h4-12,15,21H,3,13-14H2,1-2H3,(H2,26,31)/t21-,25?/m1/s1. The number of nitro benzene ring substituents is 1. The monoisotopic (exact) mass is 491 g/mol. The molecule has 2 aromatic heterocycles. The van der Waals surface area contributed by atoms with Crippen LogP contribution in [0.5, 0.6) is 0 Å². The number of hydrogen-bond acceptors (Lipinski definition) is 8. The van der Waals surface area contributed by atoms with Crippen molar-refractivity contribution in [1.82, 2.24) is 15.1 Å².